The van der Waals surface area contributed by atoms with Crippen molar-refractivity contribution in [3.05, 3.63) is 76.6 Å². The number of nitrogens with one attached hydrogen (secondary N) is 1. The van der Waals surface area contributed by atoms with Crippen LogP contribution in [-0.2, 0) is 13.2 Å². The summed E-state index contributed by atoms with van der Waals surface area (Å²) in [7, 11) is 0. The first kappa shape index (κ1) is 22.4. The Morgan fingerprint density at radius 3 is 2.35 bits per heavy atom. The molecule has 4 aliphatic rings. The molecule has 0 radical (unpaired) electrons. The Morgan fingerprint density at radius 1 is 0.941 bits per heavy atom. The summed E-state index contributed by atoms with van der Waals surface area (Å²) < 4.78 is 20.6. The minimum atomic E-state index is -0.330. The minimum absolute atomic E-state index is 0.112. The third-order valence-corrected chi connectivity index (χ3v) is 9.37. The van der Waals surface area contributed by atoms with Crippen LogP contribution in [0, 0.1) is 29.0 Å². The van der Waals surface area contributed by atoms with Crippen molar-refractivity contribution in [2.24, 2.45) is 23.2 Å². The SMILES string of the molecule is CC(NCc1c(OCc2c(F)cccc2Cl)ccc2ccccc12)C12CC3CC(CC(C3)C1)C2. The largest absolute Gasteiger partial charge is 0.488 e. The van der Waals surface area contributed by atoms with E-state index in [0.29, 0.717) is 22.0 Å². The van der Waals surface area contributed by atoms with E-state index in [-0.39, 0.29) is 12.4 Å². The molecule has 0 heterocycles. The standard InChI is InChI=1S/C30H33ClFNO/c1-19(30-14-20-11-21(15-30)13-22(12-20)16-30)33-17-25-24-6-3-2-5-23(24)9-10-29(25)34-18-26-27(31)7-4-8-28(26)32/h2-10,19-22,33H,11-18H2,1H3. The maximum Gasteiger partial charge on any atom is 0.131 e. The summed E-state index contributed by atoms with van der Waals surface area (Å²) >= 11 is 6.25. The summed E-state index contributed by atoms with van der Waals surface area (Å²) in [4.78, 5) is 0. The lowest BCUT2D eigenvalue weighted by Crippen LogP contribution is -2.54. The lowest BCUT2D eigenvalue weighted by atomic mass is 9.48. The second-order valence-corrected chi connectivity index (χ2v) is 11.5. The van der Waals surface area contributed by atoms with Crippen molar-refractivity contribution in [2.75, 3.05) is 0 Å². The van der Waals surface area contributed by atoms with E-state index < -0.39 is 0 Å². The summed E-state index contributed by atoms with van der Waals surface area (Å²) in [6.45, 7) is 3.25. The first-order valence-corrected chi connectivity index (χ1v) is 13.2. The Balaban J connectivity index is 1.25. The highest BCUT2D eigenvalue weighted by Crippen LogP contribution is 2.61. The number of fused-ring (bicyclic) bond motifs is 1. The van der Waals surface area contributed by atoms with Crippen LogP contribution < -0.4 is 10.1 Å². The van der Waals surface area contributed by atoms with E-state index in [1.807, 2.05) is 6.07 Å². The molecule has 3 aromatic carbocycles. The Labute approximate surface area is 206 Å². The van der Waals surface area contributed by atoms with E-state index in [2.05, 4.69) is 42.6 Å². The van der Waals surface area contributed by atoms with Crippen LogP contribution >= 0.6 is 11.6 Å². The van der Waals surface area contributed by atoms with Gasteiger partial charge >= 0.3 is 0 Å². The van der Waals surface area contributed by atoms with Crippen molar-refractivity contribution in [3.63, 3.8) is 0 Å². The molecular formula is C30H33ClFNO. The highest BCUT2D eigenvalue weighted by atomic mass is 35.5. The fourth-order valence-electron chi connectivity index (χ4n) is 7.63. The molecule has 0 amide bonds. The molecule has 4 aliphatic carbocycles. The van der Waals surface area contributed by atoms with E-state index in [1.54, 1.807) is 12.1 Å². The van der Waals surface area contributed by atoms with Crippen molar-refractivity contribution < 1.29 is 9.13 Å². The summed E-state index contributed by atoms with van der Waals surface area (Å²) in [6, 6.07) is 17.8. The van der Waals surface area contributed by atoms with E-state index in [4.69, 9.17) is 16.3 Å². The summed E-state index contributed by atoms with van der Waals surface area (Å²) in [5.74, 6) is 3.29. The minimum Gasteiger partial charge on any atom is -0.488 e. The first-order valence-electron chi connectivity index (χ1n) is 12.8. The monoisotopic (exact) mass is 477 g/mol. The van der Waals surface area contributed by atoms with Crippen LogP contribution in [0.25, 0.3) is 10.8 Å². The van der Waals surface area contributed by atoms with Crippen LogP contribution in [0.5, 0.6) is 5.75 Å². The van der Waals surface area contributed by atoms with E-state index in [1.165, 1.54) is 55.4 Å². The smallest absolute Gasteiger partial charge is 0.131 e. The van der Waals surface area contributed by atoms with Gasteiger partial charge in [-0.15, -0.1) is 0 Å². The van der Waals surface area contributed by atoms with Crippen molar-refractivity contribution in [2.45, 2.75) is 64.6 Å². The molecule has 3 aromatic rings. The first-order chi connectivity index (χ1) is 16.5. The molecule has 4 saturated carbocycles. The molecular weight excluding hydrogens is 445 g/mol. The average molecular weight is 478 g/mol. The van der Waals surface area contributed by atoms with Crippen LogP contribution in [-0.4, -0.2) is 6.04 Å². The number of rotatable bonds is 7. The number of hydrogen-bond donors (Lipinski definition) is 1. The van der Waals surface area contributed by atoms with Gasteiger partial charge in [0.15, 0.2) is 0 Å². The summed E-state index contributed by atoms with van der Waals surface area (Å²) in [6.07, 6.45) is 8.55. The second kappa shape index (κ2) is 8.84. The molecule has 34 heavy (non-hydrogen) atoms. The highest BCUT2D eigenvalue weighted by molar-refractivity contribution is 6.31. The molecule has 1 N–H and O–H groups in total. The zero-order valence-corrected chi connectivity index (χ0v) is 20.6. The van der Waals surface area contributed by atoms with Crippen LogP contribution in [0.4, 0.5) is 4.39 Å². The summed E-state index contributed by atoms with van der Waals surface area (Å²) in [5.41, 5.74) is 1.99. The van der Waals surface area contributed by atoms with Gasteiger partial charge in [0.1, 0.15) is 18.2 Å². The number of halogens is 2. The normalized spacial score (nSPS) is 28.4. The predicted octanol–water partition coefficient (Wildman–Crippen LogP) is 7.91. The molecule has 1 unspecified atom stereocenters. The van der Waals surface area contributed by atoms with Crippen molar-refractivity contribution in [3.8, 4) is 5.75 Å². The van der Waals surface area contributed by atoms with Crippen molar-refractivity contribution in [1.82, 2.24) is 5.32 Å². The molecule has 0 aromatic heterocycles. The molecule has 2 nitrogen and oxygen atoms in total. The molecule has 0 spiro atoms. The van der Waals surface area contributed by atoms with Gasteiger partial charge in [-0.3, -0.25) is 0 Å². The van der Waals surface area contributed by atoms with Crippen LogP contribution in [0.15, 0.2) is 54.6 Å². The molecule has 4 fully saturated rings. The lowest BCUT2D eigenvalue weighted by Gasteiger charge is -2.59. The molecule has 0 saturated heterocycles. The average Bonchev–Trinajstić information content (AvgIpc) is 2.81. The van der Waals surface area contributed by atoms with Gasteiger partial charge in [-0.25, -0.2) is 4.39 Å². The van der Waals surface area contributed by atoms with E-state index >= 15 is 0 Å². The third-order valence-electron chi connectivity index (χ3n) is 9.02. The van der Waals surface area contributed by atoms with Gasteiger partial charge in [-0.1, -0.05) is 48.0 Å². The maximum atomic E-state index is 14.3. The zero-order valence-electron chi connectivity index (χ0n) is 19.8. The molecule has 4 heteroatoms. The van der Waals surface area contributed by atoms with Gasteiger partial charge < -0.3 is 10.1 Å². The molecule has 1 atom stereocenters. The van der Waals surface area contributed by atoms with Crippen LogP contribution in [0.2, 0.25) is 5.02 Å². The number of hydrogen-bond acceptors (Lipinski definition) is 2. The molecule has 0 aliphatic heterocycles. The van der Waals surface area contributed by atoms with Gasteiger partial charge in [0, 0.05) is 23.7 Å². The highest BCUT2D eigenvalue weighted by Gasteiger charge is 2.52. The van der Waals surface area contributed by atoms with Gasteiger partial charge in [0.05, 0.1) is 5.02 Å². The third kappa shape index (κ3) is 4.01. The molecule has 7 rings (SSSR count). The van der Waals surface area contributed by atoms with Gasteiger partial charge in [0.2, 0.25) is 0 Å². The van der Waals surface area contributed by atoms with Crippen molar-refractivity contribution >= 4 is 22.4 Å². The molecule has 4 bridgehead atoms. The van der Waals surface area contributed by atoms with Crippen LogP contribution in [0.3, 0.4) is 0 Å². The fraction of sp³-hybridized carbons (Fsp3) is 0.467. The zero-order chi connectivity index (χ0) is 23.3. The quantitative estimate of drug-likeness (QED) is 0.373. The van der Waals surface area contributed by atoms with Gasteiger partial charge in [0.25, 0.3) is 0 Å². The van der Waals surface area contributed by atoms with Crippen molar-refractivity contribution in [1.29, 1.82) is 0 Å². The topological polar surface area (TPSA) is 21.3 Å². The molecule has 178 valence electrons. The summed E-state index contributed by atoms with van der Waals surface area (Å²) in [5, 5.41) is 6.71. The van der Waals surface area contributed by atoms with Gasteiger partial charge in [-0.2, -0.15) is 0 Å². The Morgan fingerprint density at radius 2 is 1.65 bits per heavy atom. The Hall–Kier alpha value is -2.10. The lowest BCUT2D eigenvalue weighted by molar-refractivity contribution is -0.0706. The Bertz CT molecular complexity index is 1150. The van der Waals surface area contributed by atoms with E-state index in [0.717, 1.165) is 35.6 Å². The van der Waals surface area contributed by atoms with Gasteiger partial charge in [-0.05, 0) is 97.6 Å². The Kier molecular flexibility index (Phi) is 5.82. The second-order valence-electron chi connectivity index (χ2n) is 11.1. The van der Waals surface area contributed by atoms with E-state index in [9.17, 15) is 4.39 Å². The number of benzene rings is 3. The predicted molar refractivity (Wildman–Crippen MR) is 137 cm³/mol. The fourth-order valence-corrected chi connectivity index (χ4v) is 7.85. The maximum absolute atomic E-state index is 14.3. The van der Waals surface area contributed by atoms with Crippen LogP contribution in [0.1, 0.15) is 56.6 Å². The number of ether oxygens (including phenoxy) is 1.